The molecule has 66 heavy (non-hydrogen) atoms. The van der Waals surface area contributed by atoms with Crippen molar-refractivity contribution < 1.29 is 0 Å². The molecule has 0 heteroatoms. The van der Waals surface area contributed by atoms with Gasteiger partial charge in [-0.1, -0.05) is 206 Å². The van der Waals surface area contributed by atoms with Crippen LogP contribution >= 0.6 is 0 Å². The summed E-state index contributed by atoms with van der Waals surface area (Å²) in [6.45, 7) is 0. The van der Waals surface area contributed by atoms with Crippen LogP contribution < -0.4 is 0 Å². The maximum absolute atomic E-state index is 3.61. The number of hydrogen-bond acceptors (Lipinski definition) is 0. The van der Waals surface area contributed by atoms with Crippen LogP contribution in [0.2, 0.25) is 0 Å². The molecule has 0 N–H and O–H groups in total. The van der Waals surface area contributed by atoms with Crippen molar-refractivity contribution in [1.29, 1.82) is 0 Å². The quantitative estimate of drug-likeness (QED) is 0.106. The molecule has 0 saturated heterocycles. The highest BCUT2D eigenvalue weighted by molar-refractivity contribution is 6.29. The van der Waals surface area contributed by atoms with Crippen molar-refractivity contribution in [3.8, 4) is 44.5 Å². The number of rotatable bonds is 8. The minimum absolute atomic E-state index is 0.958. The van der Waals surface area contributed by atoms with E-state index >= 15 is 0 Å². The number of allylic oxidation sites excluding steroid dienone is 8. The van der Waals surface area contributed by atoms with Gasteiger partial charge in [0.15, 0.2) is 0 Å². The summed E-state index contributed by atoms with van der Waals surface area (Å²) in [5.41, 5.74) is 26.3. The van der Waals surface area contributed by atoms with Crippen LogP contribution in [0.15, 0.2) is 254 Å². The summed E-state index contributed by atoms with van der Waals surface area (Å²) >= 11 is 0. The molecule has 0 saturated carbocycles. The lowest BCUT2D eigenvalue weighted by molar-refractivity contribution is 1.06. The van der Waals surface area contributed by atoms with Gasteiger partial charge in [-0.15, -0.1) is 0 Å². The first-order valence-electron chi connectivity index (χ1n) is 23.0. The Hall–Kier alpha value is -8.50. The standard InChI is InChI=1S/C66H44/c1-5-19-45(20-6-1)53-39-54(46-21-7-2-8-22-46)42-57(41-53)49-27-15-29-51(37-49)59-33-17-35-63-61-31-13-14-32-62(61)64-36-18-34-60(66(64)65(59)63)52-30-16-28-50(38-52)58-43-55(47-23-9-3-10-24-47)40-56(44-58)48-25-11-4-12-26-48/h1-14,17-28,31-44H,15,29H2. The lowest BCUT2D eigenvalue weighted by atomic mass is 9.82. The van der Waals surface area contributed by atoms with Crippen LogP contribution in [0.4, 0.5) is 0 Å². The normalized spacial score (nSPS) is 13.4. The Bertz CT molecular complexity index is 3600. The van der Waals surface area contributed by atoms with Gasteiger partial charge in [-0.3, -0.25) is 0 Å². The summed E-state index contributed by atoms with van der Waals surface area (Å²) in [4.78, 5) is 0. The molecule has 2 aliphatic carbocycles. The molecular formula is C66H44. The van der Waals surface area contributed by atoms with Crippen molar-refractivity contribution in [2.75, 3.05) is 0 Å². The smallest absolute Gasteiger partial charge is 0.0334 e. The molecule has 0 aliphatic heterocycles. The van der Waals surface area contributed by atoms with Gasteiger partial charge in [-0.05, 0) is 177 Å². The Morgan fingerprint density at radius 2 is 0.727 bits per heavy atom. The number of benzene rings is 10. The first kappa shape index (κ1) is 39.1. The zero-order valence-electron chi connectivity index (χ0n) is 36.5. The summed E-state index contributed by atoms with van der Waals surface area (Å²) < 4.78 is 0. The van der Waals surface area contributed by atoms with E-state index in [1.165, 1.54) is 99.1 Å². The zero-order valence-corrected chi connectivity index (χ0v) is 36.5. The Balaban J connectivity index is 1.03. The average Bonchev–Trinajstić information content (AvgIpc) is 3.41. The molecule has 2 aliphatic rings. The topological polar surface area (TPSA) is 0 Å². The molecule has 0 heterocycles. The van der Waals surface area contributed by atoms with E-state index in [1.54, 1.807) is 0 Å². The van der Waals surface area contributed by atoms with E-state index in [0.29, 0.717) is 0 Å². The largest absolute Gasteiger partial charge is 0.0763 e. The fourth-order valence-corrected chi connectivity index (χ4v) is 10.2. The minimum Gasteiger partial charge on any atom is -0.0763 e. The maximum Gasteiger partial charge on any atom is 0.0334 e. The minimum atomic E-state index is 0.958. The van der Waals surface area contributed by atoms with Crippen LogP contribution in [0.5, 0.6) is 0 Å². The highest BCUT2D eigenvalue weighted by atomic mass is 14.2. The van der Waals surface area contributed by atoms with E-state index in [9.17, 15) is 0 Å². The van der Waals surface area contributed by atoms with Crippen LogP contribution in [0.3, 0.4) is 0 Å². The predicted molar refractivity (Wildman–Crippen MR) is 282 cm³/mol. The van der Waals surface area contributed by atoms with Gasteiger partial charge in [-0.25, -0.2) is 0 Å². The van der Waals surface area contributed by atoms with E-state index in [0.717, 1.165) is 35.1 Å². The molecule has 0 fully saturated rings. The molecule has 0 nitrogen and oxygen atoms in total. The molecule has 0 aromatic heterocycles. The van der Waals surface area contributed by atoms with E-state index in [2.05, 4.69) is 254 Å². The molecule has 0 bridgehead atoms. The molecule has 0 atom stereocenters. The van der Waals surface area contributed by atoms with Gasteiger partial charge in [0.25, 0.3) is 0 Å². The van der Waals surface area contributed by atoms with E-state index < -0.39 is 0 Å². The first-order valence-corrected chi connectivity index (χ1v) is 23.0. The maximum atomic E-state index is 3.61. The molecule has 12 rings (SSSR count). The van der Waals surface area contributed by atoms with Crippen LogP contribution in [0.25, 0.3) is 99.1 Å². The third-order valence-electron chi connectivity index (χ3n) is 13.3. The highest BCUT2D eigenvalue weighted by Gasteiger charge is 2.21. The zero-order chi connectivity index (χ0) is 43.8. The van der Waals surface area contributed by atoms with Gasteiger partial charge in [0.1, 0.15) is 0 Å². The molecule has 308 valence electrons. The molecular weight excluding hydrogens is 793 g/mol. The van der Waals surface area contributed by atoms with E-state index in [4.69, 9.17) is 0 Å². The summed E-state index contributed by atoms with van der Waals surface area (Å²) in [7, 11) is 0. The second-order valence-corrected chi connectivity index (χ2v) is 17.4. The van der Waals surface area contributed by atoms with Crippen molar-refractivity contribution in [3.63, 3.8) is 0 Å². The van der Waals surface area contributed by atoms with Crippen molar-refractivity contribution in [2.24, 2.45) is 0 Å². The molecule has 10 aromatic carbocycles. The van der Waals surface area contributed by atoms with Gasteiger partial charge < -0.3 is 0 Å². The van der Waals surface area contributed by atoms with Crippen molar-refractivity contribution in [1.82, 2.24) is 0 Å². The fraction of sp³-hybridized carbons (Fsp3) is 0.0303. The van der Waals surface area contributed by atoms with Gasteiger partial charge in [-0.2, -0.15) is 0 Å². The first-order chi connectivity index (χ1) is 32.7. The summed E-state index contributed by atoms with van der Waals surface area (Å²) in [6.07, 6.45) is 11.2. The summed E-state index contributed by atoms with van der Waals surface area (Å²) in [5, 5.41) is 7.57. The van der Waals surface area contributed by atoms with Gasteiger partial charge in [0, 0.05) is 5.57 Å². The predicted octanol–water partition coefficient (Wildman–Crippen LogP) is 17.9. The Kier molecular flexibility index (Phi) is 10.0. The second kappa shape index (κ2) is 16.9. The van der Waals surface area contributed by atoms with Gasteiger partial charge >= 0.3 is 0 Å². The molecule has 0 amide bonds. The number of fused-ring (bicyclic) bond motifs is 6. The monoisotopic (exact) mass is 836 g/mol. The Morgan fingerprint density at radius 3 is 1.23 bits per heavy atom. The fourth-order valence-electron chi connectivity index (χ4n) is 10.2. The average molecular weight is 837 g/mol. The highest BCUT2D eigenvalue weighted by Crippen LogP contribution is 2.45. The molecule has 0 spiro atoms. The summed E-state index contributed by atoms with van der Waals surface area (Å²) in [5.74, 6) is 0. The van der Waals surface area contributed by atoms with E-state index in [1.807, 2.05) is 0 Å². The number of hydrogen-bond donors (Lipinski definition) is 0. The third-order valence-corrected chi connectivity index (χ3v) is 13.3. The lowest BCUT2D eigenvalue weighted by Gasteiger charge is -2.21. The Morgan fingerprint density at radius 1 is 0.318 bits per heavy atom. The van der Waals surface area contributed by atoms with E-state index in [-0.39, 0.29) is 0 Å². The molecule has 0 unspecified atom stereocenters. The van der Waals surface area contributed by atoms with Crippen LogP contribution in [0.1, 0.15) is 35.1 Å². The molecule has 0 radical (unpaired) electrons. The summed E-state index contributed by atoms with van der Waals surface area (Å²) in [6, 6.07) is 79.6. The lowest BCUT2D eigenvalue weighted by Crippen LogP contribution is -1.97. The van der Waals surface area contributed by atoms with Crippen molar-refractivity contribution in [2.45, 2.75) is 12.8 Å². The molecule has 10 aromatic rings. The Labute approximate surface area is 386 Å². The second-order valence-electron chi connectivity index (χ2n) is 17.4. The van der Waals surface area contributed by atoms with Crippen LogP contribution in [0, 0.1) is 0 Å². The van der Waals surface area contributed by atoms with Gasteiger partial charge in [0.05, 0.1) is 0 Å². The van der Waals surface area contributed by atoms with Crippen LogP contribution in [-0.2, 0) is 0 Å². The third kappa shape index (κ3) is 7.28. The van der Waals surface area contributed by atoms with Crippen LogP contribution in [-0.4, -0.2) is 0 Å². The van der Waals surface area contributed by atoms with Crippen molar-refractivity contribution >= 4 is 54.6 Å². The van der Waals surface area contributed by atoms with Gasteiger partial charge in [0.2, 0.25) is 0 Å². The SMILES string of the molecule is C1=C=C(c2cccc3c4ccccc4c4cccc(C5=CC(c6cc(-c7ccccc7)cc(-c7ccccc7)c6)=CCC5)c4c23)C=C(c2cc(-c3ccccc3)cc(-c3ccccc3)c2)C=1. The van der Waals surface area contributed by atoms with Crippen molar-refractivity contribution in [3.05, 3.63) is 276 Å².